The minimum Gasteiger partial charge on any atom is -0.378 e. The smallest absolute Gasteiger partial charge is 0.257 e. The maximum atomic E-state index is 14.2. The molecule has 0 heterocycles. The van der Waals surface area contributed by atoms with Crippen LogP contribution in [0.15, 0.2) is 72.8 Å². The molecule has 152 valence electrons. The topological polar surface area (TPSA) is 41.6 Å². The molecule has 0 saturated heterocycles. The third kappa shape index (κ3) is 4.79. The summed E-state index contributed by atoms with van der Waals surface area (Å²) in [5, 5.41) is 4.90. The molecule has 0 aliphatic carbocycles. The van der Waals surface area contributed by atoms with Crippen LogP contribution in [0, 0.1) is 0 Å². The van der Waals surface area contributed by atoms with E-state index in [0.717, 1.165) is 11.4 Å². The molecule has 2 atom stereocenters. The molecule has 4 nitrogen and oxygen atoms in total. The average molecular weight is 449 g/mol. The number of hydrogen-bond donors (Lipinski definition) is 1. The number of benzene rings is 3. The fourth-order valence-corrected chi connectivity index (χ4v) is 5.87. The van der Waals surface area contributed by atoms with E-state index in [1.54, 1.807) is 18.2 Å². The Labute approximate surface area is 181 Å². The molecule has 3 aromatic carbocycles. The molecule has 0 aliphatic heterocycles. The molecule has 0 aromatic heterocycles. The van der Waals surface area contributed by atoms with Crippen molar-refractivity contribution in [1.29, 1.82) is 0 Å². The normalized spacial score (nSPS) is 14.1. The van der Waals surface area contributed by atoms with E-state index in [1.807, 2.05) is 73.6 Å². The van der Waals surface area contributed by atoms with Crippen LogP contribution in [0.2, 0.25) is 10.0 Å². The summed E-state index contributed by atoms with van der Waals surface area (Å²) in [6.07, 6.45) is 0. The predicted octanol–water partition coefficient (Wildman–Crippen LogP) is 6.42. The highest BCUT2D eigenvalue weighted by atomic mass is 35.5. The summed E-state index contributed by atoms with van der Waals surface area (Å²) < 4.78 is 19.9. The predicted molar refractivity (Wildman–Crippen MR) is 124 cm³/mol. The van der Waals surface area contributed by atoms with Gasteiger partial charge >= 0.3 is 0 Å². The molecule has 0 amide bonds. The molecule has 0 bridgehead atoms. The molecule has 0 fully saturated rings. The molecule has 3 aromatic rings. The molecule has 0 spiro atoms. The van der Waals surface area contributed by atoms with E-state index in [-0.39, 0.29) is 0 Å². The zero-order chi connectivity index (χ0) is 21.0. The summed E-state index contributed by atoms with van der Waals surface area (Å²) in [7, 11) is 1.98. The van der Waals surface area contributed by atoms with Crippen molar-refractivity contribution in [3.05, 3.63) is 88.4 Å². The number of rotatable bonds is 7. The van der Waals surface area contributed by atoms with Crippen LogP contribution in [0.25, 0.3) is 0 Å². The first-order valence-corrected chi connectivity index (χ1v) is 11.5. The lowest BCUT2D eigenvalue weighted by atomic mass is 10.2. The van der Waals surface area contributed by atoms with Crippen molar-refractivity contribution in [2.45, 2.75) is 5.78 Å². The van der Waals surface area contributed by atoms with Gasteiger partial charge < -0.3 is 14.7 Å². The van der Waals surface area contributed by atoms with Crippen molar-refractivity contribution >= 4 is 47.3 Å². The van der Waals surface area contributed by atoms with Crippen LogP contribution >= 0.6 is 30.6 Å². The maximum absolute atomic E-state index is 14.2. The van der Waals surface area contributed by atoms with Crippen molar-refractivity contribution in [3.63, 3.8) is 0 Å². The van der Waals surface area contributed by atoms with Gasteiger partial charge in [0.2, 0.25) is 0 Å². The van der Waals surface area contributed by atoms with E-state index < -0.39 is 13.2 Å². The van der Waals surface area contributed by atoms with Crippen LogP contribution < -0.4 is 15.5 Å². The largest absolute Gasteiger partial charge is 0.378 e. The Morgan fingerprint density at radius 3 is 2.17 bits per heavy atom. The summed E-state index contributed by atoms with van der Waals surface area (Å²) in [5.41, 5.74) is 2.47. The summed E-state index contributed by atoms with van der Waals surface area (Å²) in [4.78, 5) is 1.98. The van der Waals surface area contributed by atoms with Gasteiger partial charge in [-0.1, -0.05) is 47.5 Å². The van der Waals surface area contributed by atoms with Gasteiger partial charge in [-0.2, -0.15) is 0 Å². The first kappa shape index (κ1) is 21.7. The first-order valence-electron chi connectivity index (χ1n) is 9.05. The van der Waals surface area contributed by atoms with Gasteiger partial charge in [0.1, 0.15) is 5.78 Å². The number of hydrogen-bond acceptors (Lipinski definition) is 4. The lowest BCUT2D eigenvalue weighted by Crippen LogP contribution is -2.20. The van der Waals surface area contributed by atoms with E-state index in [9.17, 15) is 4.57 Å². The Kier molecular flexibility index (Phi) is 6.92. The van der Waals surface area contributed by atoms with Gasteiger partial charge in [0.15, 0.2) is 0 Å². The first-order chi connectivity index (χ1) is 13.8. The molecule has 0 saturated carbocycles. The average Bonchev–Trinajstić information content (AvgIpc) is 2.73. The minimum atomic E-state index is -3.40. The fraction of sp³-hybridized carbons (Fsp3) is 0.182. The fourth-order valence-electron chi connectivity index (χ4n) is 3.08. The van der Waals surface area contributed by atoms with Crippen molar-refractivity contribution < 1.29 is 9.09 Å². The van der Waals surface area contributed by atoms with Crippen molar-refractivity contribution in [2.75, 3.05) is 31.4 Å². The molecule has 3 rings (SSSR count). The molecule has 7 heteroatoms. The third-order valence-electron chi connectivity index (χ3n) is 4.67. The van der Waals surface area contributed by atoms with Gasteiger partial charge in [0.05, 0.1) is 0 Å². The number of para-hydroxylation sites is 1. The van der Waals surface area contributed by atoms with Crippen LogP contribution in [0.4, 0.5) is 11.4 Å². The Balaban J connectivity index is 2.12. The Bertz CT molecular complexity index is 1010. The number of nitrogens with one attached hydrogen (secondary N) is 1. The third-order valence-corrected chi connectivity index (χ3v) is 7.88. The van der Waals surface area contributed by atoms with Gasteiger partial charge in [-0.05, 0) is 48.5 Å². The highest BCUT2D eigenvalue weighted by molar-refractivity contribution is 7.67. The highest BCUT2D eigenvalue weighted by Crippen LogP contribution is 2.59. The van der Waals surface area contributed by atoms with E-state index in [1.165, 1.54) is 7.11 Å². The lowest BCUT2D eigenvalue weighted by molar-refractivity contribution is 0.396. The number of nitrogens with zero attached hydrogens (tertiary/aromatic N) is 1. The standard InChI is InChI=1S/C22H23Cl2N2O2P/c1-26(2)18-10-12-19(13-11-18)29(27,28-3)22(25-17-7-5-4-6-8-17)20-14-9-16(23)15-21(20)24/h4-15,22,25H,1-3H3. The molecular formula is C22H23Cl2N2O2P. The SMILES string of the molecule is COP(=O)(c1ccc(N(C)C)cc1)C(Nc1ccccc1)c1ccc(Cl)cc1Cl. The molecular weight excluding hydrogens is 426 g/mol. The summed E-state index contributed by atoms with van der Waals surface area (Å²) >= 11 is 12.6. The van der Waals surface area contributed by atoms with E-state index in [0.29, 0.717) is 20.9 Å². The van der Waals surface area contributed by atoms with Crippen LogP contribution in [0.3, 0.4) is 0 Å². The van der Waals surface area contributed by atoms with Crippen LogP contribution in [0.5, 0.6) is 0 Å². The lowest BCUT2D eigenvalue weighted by Gasteiger charge is -2.29. The zero-order valence-corrected chi connectivity index (χ0v) is 18.9. The summed E-state index contributed by atoms with van der Waals surface area (Å²) in [6.45, 7) is 0. The second-order valence-electron chi connectivity index (χ2n) is 6.77. The van der Waals surface area contributed by atoms with Crippen molar-refractivity contribution in [3.8, 4) is 0 Å². The summed E-state index contributed by atoms with van der Waals surface area (Å²) in [6, 6.07) is 22.2. The Hall–Kier alpha value is -1.97. The van der Waals surface area contributed by atoms with Gasteiger partial charge in [0, 0.05) is 53.5 Å². The molecule has 0 radical (unpaired) electrons. The van der Waals surface area contributed by atoms with Crippen LogP contribution in [-0.2, 0) is 9.09 Å². The van der Waals surface area contributed by atoms with Crippen LogP contribution in [-0.4, -0.2) is 21.2 Å². The van der Waals surface area contributed by atoms with Crippen molar-refractivity contribution in [1.82, 2.24) is 0 Å². The maximum Gasteiger partial charge on any atom is 0.257 e. The quantitative estimate of drug-likeness (QED) is 0.423. The van der Waals surface area contributed by atoms with Gasteiger partial charge in [-0.25, -0.2) is 0 Å². The van der Waals surface area contributed by atoms with Crippen LogP contribution in [0.1, 0.15) is 11.3 Å². The zero-order valence-electron chi connectivity index (χ0n) is 16.5. The van der Waals surface area contributed by atoms with E-state index >= 15 is 0 Å². The Morgan fingerprint density at radius 1 is 0.966 bits per heavy atom. The van der Waals surface area contributed by atoms with E-state index in [4.69, 9.17) is 27.7 Å². The number of anilines is 2. The highest BCUT2D eigenvalue weighted by Gasteiger charge is 2.38. The number of halogens is 2. The second-order valence-corrected chi connectivity index (χ2v) is 10.2. The molecule has 1 N–H and O–H groups in total. The van der Waals surface area contributed by atoms with Gasteiger partial charge in [0.25, 0.3) is 7.37 Å². The Morgan fingerprint density at radius 2 is 1.62 bits per heavy atom. The second kappa shape index (κ2) is 9.23. The molecule has 29 heavy (non-hydrogen) atoms. The molecule has 0 aliphatic rings. The minimum absolute atomic E-state index is 0.424. The monoisotopic (exact) mass is 448 g/mol. The molecule has 2 unspecified atom stereocenters. The summed E-state index contributed by atoms with van der Waals surface area (Å²) in [5.74, 6) is -0.690. The van der Waals surface area contributed by atoms with Gasteiger partial charge in [-0.15, -0.1) is 0 Å². The van der Waals surface area contributed by atoms with E-state index in [2.05, 4.69) is 5.32 Å². The van der Waals surface area contributed by atoms with Gasteiger partial charge in [-0.3, -0.25) is 4.57 Å². The van der Waals surface area contributed by atoms with Crippen molar-refractivity contribution in [2.24, 2.45) is 0 Å².